The molecule has 5 nitrogen and oxygen atoms in total. The minimum atomic E-state index is -0.669. The van der Waals surface area contributed by atoms with E-state index in [2.05, 4.69) is 72.5 Å². The lowest BCUT2D eigenvalue weighted by molar-refractivity contribution is -0.428. The predicted octanol–water partition coefficient (Wildman–Crippen LogP) is 9.98. The number of hydrogen-bond acceptors (Lipinski definition) is 5. The first-order valence-corrected chi connectivity index (χ1v) is 21.6. The van der Waals surface area contributed by atoms with Crippen LogP contribution in [-0.2, 0) is 14.2 Å². The van der Waals surface area contributed by atoms with E-state index in [4.69, 9.17) is 14.2 Å². The Labute approximate surface area is 295 Å². The molecule has 48 heavy (non-hydrogen) atoms. The van der Waals surface area contributed by atoms with E-state index < -0.39 is 5.91 Å². The Morgan fingerprint density at radius 2 is 1.29 bits per heavy atom. The van der Waals surface area contributed by atoms with E-state index in [9.17, 15) is 0 Å². The van der Waals surface area contributed by atoms with Gasteiger partial charge in [-0.3, -0.25) is 5.32 Å². The van der Waals surface area contributed by atoms with Crippen LogP contribution in [0, 0.1) is 70.0 Å². The molecule has 0 aromatic heterocycles. The van der Waals surface area contributed by atoms with Gasteiger partial charge in [0.2, 0.25) is 5.91 Å². The van der Waals surface area contributed by atoms with Gasteiger partial charge in [-0.2, -0.15) is 0 Å². The van der Waals surface area contributed by atoms with Crippen LogP contribution in [0.1, 0.15) is 159 Å². The van der Waals surface area contributed by atoms with Crippen LogP contribution in [-0.4, -0.2) is 47.6 Å². The van der Waals surface area contributed by atoms with Gasteiger partial charge < -0.3 is 14.2 Å². The van der Waals surface area contributed by atoms with E-state index in [0.717, 1.165) is 61.7 Å². The Bertz CT molecular complexity index is 1120. The molecule has 0 bridgehead atoms. The van der Waals surface area contributed by atoms with Crippen molar-refractivity contribution in [3.05, 3.63) is 0 Å². The summed E-state index contributed by atoms with van der Waals surface area (Å²) in [4.78, 5) is 2.91. The number of rotatable bonds is 6. The first-order chi connectivity index (χ1) is 23.0. The van der Waals surface area contributed by atoms with Crippen molar-refractivity contribution in [2.24, 2.45) is 70.0 Å². The zero-order valence-electron chi connectivity index (χ0n) is 32.5. The number of nitrogens with zero attached hydrogens (tertiary/aromatic N) is 1. The average Bonchev–Trinajstić information content (AvgIpc) is 3.57. The summed E-state index contributed by atoms with van der Waals surface area (Å²) in [5, 5.41) is 4.17. The minimum Gasteiger partial charge on any atom is -0.359 e. The molecule has 0 amide bonds. The van der Waals surface area contributed by atoms with Crippen molar-refractivity contribution in [2.75, 3.05) is 0 Å². The summed E-state index contributed by atoms with van der Waals surface area (Å²) < 4.78 is 23.2. The van der Waals surface area contributed by atoms with Gasteiger partial charge in [0.25, 0.3) is 0 Å². The molecule has 0 radical (unpaired) electrons. The normalized spacial score (nSPS) is 52.2. The third-order valence-corrected chi connectivity index (χ3v) is 18.0. The molecule has 4 aliphatic heterocycles. The van der Waals surface area contributed by atoms with Gasteiger partial charge in [-0.25, -0.2) is 4.90 Å². The lowest BCUT2D eigenvalue weighted by Crippen LogP contribution is -2.72. The van der Waals surface area contributed by atoms with Gasteiger partial charge in [-0.1, -0.05) is 93.9 Å². The van der Waals surface area contributed by atoms with Crippen molar-refractivity contribution in [2.45, 2.75) is 201 Å². The molecule has 8 rings (SSSR count). The summed E-state index contributed by atoms with van der Waals surface area (Å²) in [6.07, 6.45) is 20.7. The summed E-state index contributed by atoms with van der Waals surface area (Å²) >= 11 is 0. The van der Waals surface area contributed by atoms with E-state index in [1.54, 1.807) is 0 Å². The second-order valence-electron chi connectivity index (χ2n) is 19.7. The first-order valence-electron chi connectivity index (χ1n) is 21.6. The van der Waals surface area contributed by atoms with Gasteiger partial charge in [0.15, 0.2) is 0 Å². The molecule has 4 heterocycles. The van der Waals surface area contributed by atoms with Crippen molar-refractivity contribution >= 4 is 0 Å². The van der Waals surface area contributed by atoms with Gasteiger partial charge in [0.1, 0.15) is 6.23 Å². The first kappa shape index (κ1) is 34.9. The highest BCUT2D eigenvalue weighted by Crippen LogP contribution is 2.67. The standard InChI is InChI=1S/C43H74N2O3/c1-10-41(8,11-2)34-24-35(42(9,12-3)13-4)48-43(47-34)38-30-20-16-17-25(5)36(30)26(6)21-32(38)39-37-31-22-28-18-14-15-19-29(28)23-33(31)46-40(37)44-27(7)45(39)43/h25-40,44H,10-24H2,1-9H3. The van der Waals surface area contributed by atoms with Crippen LogP contribution < -0.4 is 5.32 Å². The minimum absolute atomic E-state index is 0.141. The smallest absolute Gasteiger partial charge is 0.235 e. The van der Waals surface area contributed by atoms with Crippen molar-refractivity contribution in [1.82, 2.24) is 10.2 Å². The van der Waals surface area contributed by atoms with Crippen molar-refractivity contribution in [1.29, 1.82) is 0 Å². The molecule has 4 aliphatic carbocycles. The summed E-state index contributed by atoms with van der Waals surface area (Å²) in [5.74, 6) is 6.39. The number of hydrogen-bond donors (Lipinski definition) is 1. The maximum Gasteiger partial charge on any atom is 0.235 e. The highest BCUT2D eigenvalue weighted by atomic mass is 16.7. The fourth-order valence-electron chi connectivity index (χ4n) is 14.5. The quantitative estimate of drug-likeness (QED) is 0.306. The van der Waals surface area contributed by atoms with E-state index in [-0.39, 0.29) is 35.4 Å². The van der Waals surface area contributed by atoms with Gasteiger partial charge in [0.05, 0.1) is 24.5 Å². The Morgan fingerprint density at radius 3 is 1.92 bits per heavy atom. The number of ether oxygens (including phenoxy) is 3. The summed E-state index contributed by atoms with van der Waals surface area (Å²) in [7, 11) is 0. The van der Waals surface area contributed by atoms with Crippen LogP contribution in [0.4, 0.5) is 0 Å². The van der Waals surface area contributed by atoms with E-state index in [0.29, 0.717) is 41.7 Å². The molecule has 4 saturated heterocycles. The fourth-order valence-corrected chi connectivity index (χ4v) is 14.5. The Kier molecular flexibility index (Phi) is 9.25. The van der Waals surface area contributed by atoms with Crippen molar-refractivity contribution < 1.29 is 14.2 Å². The van der Waals surface area contributed by atoms with Gasteiger partial charge >= 0.3 is 0 Å². The molecule has 8 aliphatic rings. The molecule has 16 atom stereocenters. The van der Waals surface area contributed by atoms with Crippen molar-refractivity contribution in [3.8, 4) is 0 Å². The number of fused-ring (bicyclic) bond motifs is 12. The monoisotopic (exact) mass is 667 g/mol. The van der Waals surface area contributed by atoms with Crippen LogP contribution in [0.25, 0.3) is 0 Å². The molecular formula is C43H74N2O3. The van der Waals surface area contributed by atoms with E-state index in [1.165, 1.54) is 64.2 Å². The molecule has 4 saturated carbocycles. The van der Waals surface area contributed by atoms with Gasteiger partial charge in [-0.15, -0.1) is 0 Å². The summed E-state index contributed by atoms with van der Waals surface area (Å²) in [5.41, 5.74) is 0.282. The highest BCUT2D eigenvalue weighted by Gasteiger charge is 2.74. The van der Waals surface area contributed by atoms with Gasteiger partial charge in [-0.05, 0) is 116 Å². The van der Waals surface area contributed by atoms with Crippen LogP contribution in [0.3, 0.4) is 0 Å². The third kappa shape index (κ3) is 5.06. The molecule has 16 unspecified atom stereocenters. The topological polar surface area (TPSA) is 43.0 Å². The zero-order chi connectivity index (χ0) is 33.7. The molecule has 5 heteroatoms. The molecule has 0 aromatic carbocycles. The molecule has 1 N–H and O–H groups in total. The number of nitrogens with one attached hydrogen (secondary N) is 1. The summed E-state index contributed by atoms with van der Waals surface area (Å²) in [6.45, 7) is 22.4. The predicted molar refractivity (Wildman–Crippen MR) is 194 cm³/mol. The van der Waals surface area contributed by atoms with E-state index >= 15 is 0 Å². The second-order valence-corrected chi connectivity index (χ2v) is 19.7. The average molecular weight is 667 g/mol. The summed E-state index contributed by atoms with van der Waals surface area (Å²) in [6, 6.07) is 0.468. The largest absolute Gasteiger partial charge is 0.359 e. The molecular weight excluding hydrogens is 592 g/mol. The Balaban J connectivity index is 1.27. The lowest BCUT2D eigenvalue weighted by atomic mass is 9.53. The Hall–Kier alpha value is -0.200. The highest BCUT2D eigenvalue weighted by molar-refractivity contribution is 5.18. The zero-order valence-corrected chi connectivity index (χ0v) is 32.5. The maximum absolute atomic E-state index is 8.02. The van der Waals surface area contributed by atoms with Gasteiger partial charge in [0, 0.05) is 24.3 Å². The SMILES string of the molecule is CCC(C)(CC)C1CC(C(C)(CC)CC)OC2(O1)C1C3CCCC(C)C3C(C)CC1C1C3C(NC(C)N12)OC1CC2CCCCC2CC13. The molecule has 274 valence electrons. The van der Waals surface area contributed by atoms with Crippen LogP contribution in [0.2, 0.25) is 0 Å². The maximum atomic E-state index is 8.02. The fraction of sp³-hybridized carbons (Fsp3) is 1.00. The van der Waals surface area contributed by atoms with Crippen LogP contribution in [0.5, 0.6) is 0 Å². The van der Waals surface area contributed by atoms with Crippen LogP contribution in [0.15, 0.2) is 0 Å². The van der Waals surface area contributed by atoms with E-state index in [1.807, 2.05) is 0 Å². The van der Waals surface area contributed by atoms with Crippen molar-refractivity contribution in [3.63, 3.8) is 0 Å². The second kappa shape index (κ2) is 12.7. The molecule has 8 fully saturated rings. The Morgan fingerprint density at radius 1 is 0.667 bits per heavy atom. The molecule has 0 aromatic rings. The third-order valence-electron chi connectivity index (χ3n) is 18.0. The molecule has 1 spiro atoms. The van der Waals surface area contributed by atoms with Crippen LogP contribution >= 0.6 is 0 Å². The lowest BCUT2D eigenvalue weighted by Gasteiger charge is -2.60.